The number of carbonyl (C=O) groups is 2. The van der Waals surface area contributed by atoms with Crippen LogP contribution in [0.5, 0.6) is 0 Å². The normalized spacial score (nSPS) is 14.8. The third-order valence-electron chi connectivity index (χ3n) is 2.14. The molecule has 0 bridgehead atoms. The second-order valence-electron chi connectivity index (χ2n) is 3.53. The Morgan fingerprint density at radius 2 is 1.85 bits per heavy atom. The summed E-state index contributed by atoms with van der Waals surface area (Å²) in [6, 6.07) is -0.355. The Kier molecular flexibility index (Phi) is 5.35. The summed E-state index contributed by atoms with van der Waals surface area (Å²) in [7, 11) is 0. The van der Waals surface area contributed by atoms with Gasteiger partial charge in [-0.3, -0.25) is 9.59 Å². The molecule has 2 unspecified atom stereocenters. The van der Waals surface area contributed by atoms with Gasteiger partial charge in [0.1, 0.15) is 0 Å². The number of rotatable bonds is 5. The maximum Gasteiger partial charge on any atom is 0.223 e. The van der Waals surface area contributed by atoms with Gasteiger partial charge in [0.2, 0.25) is 5.91 Å². The molecule has 1 amide bonds. The van der Waals surface area contributed by atoms with Crippen molar-refractivity contribution in [3.05, 3.63) is 0 Å². The van der Waals surface area contributed by atoms with Gasteiger partial charge in [-0.25, -0.2) is 0 Å². The molecule has 0 aliphatic carbocycles. The molecule has 3 heteroatoms. The van der Waals surface area contributed by atoms with Crippen LogP contribution in [0.25, 0.3) is 0 Å². The molecule has 76 valence electrons. The fraction of sp³-hybridized carbons (Fsp3) is 0.800. The van der Waals surface area contributed by atoms with Crippen molar-refractivity contribution in [2.75, 3.05) is 0 Å². The van der Waals surface area contributed by atoms with E-state index in [1.54, 1.807) is 6.92 Å². The van der Waals surface area contributed by atoms with Gasteiger partial charge >= 0.3 is 0 Å². The van der Waals surface area contributed by atoms with Gasteiger partial charge in [0.25, 0.3) is 0 Å². The van der Waals surface area contributed by atoms with Crippen LogP contribution in [0, 0.1) is 5.92 Å². The first-order chi connectivity index (χ1) is 5.99. The van der Waals surface area contributed by atoms with E-state index in [2.05, 4.69) is 5.32 Å². The molecule has 0 aromatic rings. The molecule has 0 aliphatic heterocycles. The first-order valence-electron chi connectivity index (χ1n) is 4.79. The number of amides is 1. The maximum absolute atomic E-state index is 11.4. The molecule has 2 atom stereocenters. The average Bonchev–Trinajstić information content (AvgIpc) is 2.04. The third-order valence-corrected chi connectivity index (χ3v) is 2.14. The highest BCUT2D eigenvalue weighted by atomic mass is 16.2. The van der Waals surface area contributed by atoms with E-state index in [4.69, 9.17) is 0 Å². The molecule has 1 N–H and O–H groups in total. The van der Waals surface area contributed by atoms with Crippen LogP contribution < -0.4 is 5.32 Å². The molecular weight excluding hydrogens is 166 g/mol. The SMILES string of the molecule is CCCC(C)C(=O)NC(C)C(C)=O. The minimum Gasteiger partial charge on any atom is -0.346 e. The van der Waals surface area contributed by atoms with Gasteiger partial charge in [-0.15, -0.1) is 0 Å². The Balaban J connectivity index is 3.92. The van der Waals surface area contributed by atoms with Gasteiger partial charge in [0.05, 0.1) is 6.04 Å². The van der Waals surface area contributed by atoms with Crippen molar-refractivity contribution < 1.29 is 9.59 Å². The molecule has 0 aromatic heterocycles. The largest absolute Gasteiger partial charge is 0.346 e. The summed E-state index contributed by atoms with van der Waals surface area (Å²) in [4.78, 5) is 22.2. The van der Waals surface area contributed by atoms with Crippen LogP contribution in [0.1, 0.15) is 40.5 Å². The lowest BCUT2D eigenvalue weighted by atomic mass is 10.0. The van der Waals surface area contributed by atoms with Crippen LogP contribution in [-0.4, -0.2) is 17.7 Å². The summed E-state index contributed by atoms with van der Waals surface area (Å²) in [5, 5.41) is 2.68. The van der Waals surface area contributed by atoms with Gasteiger partial charge in [0.15, 0.2) is 5.78 Å². The monoisotopic (exact) mass is 185 g/mol. The molecule has 0 radical (unpaired) electrons. The van der Waals surface area contributed by atoms with Crippen molar-refractivity contribution in [3.63, 3.8) is 0 Å². The van der Waals surface area contributed by atoms with E-state index < -0.39 is 0 Å². The van der Waals surface area contributed by atoms with Gasteiger partial charge in [0, 0.05) is 5.92 Å². The number of Topliss-reactive ketones (excluding diaryl/α,β-unsaturated/α-hetero) is 1. The van der Waals surface area contributed by atoms with Gasteiger partial charge in [-0.2, -0.15) is 0 Å². The number of nitrogens with one attached hydrogen (secondary N) is 1. The molecule has 0 spiro atoms. The highest BCUT2D eigenvalue weighted by Crippen LogP contribution is 2.04. The zero-order chi connectivity index (χ0) is 10.4. The summed E-state index contributed by atoms with van der Waals surface area (Å²) in [6.45, 7) is 7.11. The van der Waals surface area contributed by atoms with Crippen LogP contribution >= 0.6 is 0 Å². The lowest BCUT2D eigenvalue weighted by molar-refractivity contribution is -0.129. The zero-order valence-corrected chi connectivity index (χ0v) is 8.89. The van der Waals surface area contributed by atoms with E-state index in [-0.39, 0.29) is 23.7 Å². The number of hydrogen-bond acceptors (Lipinski definition) is 2. The van der Waals surface area contributed by atoms with E-state index in [9.17, 15) is 9.59 Å². The quantitative estimate of drug-likeness (QED) is 0.705. The predicted octanol–water partition coefficient (Wildman–Crippen LogP) is 1.52. The molecular formula is C10H19NO2. The van der Waals surface area contributed by atoms with E-state index in [1.165, 1.54) is 6.92 Å². The highest BCUT2D eigenvalue weighted by molar-refractivity contribution is 5.87. The Morgan fingerprint density at radius 3 is 2.23 bits per heavy atom. The summed E-state index contributed by atoms with van der Waals surface area (Å²) < 4.78 is 0. The lowest BCUT2D eigenvalue weighted by Gasteiger charge is -2.14. The van der Waals surface area contributed by atoms with Crippen LogP contribution in [-0.2, 0) is 9.59 Å². The number of hydrogen-bond donors (Lipinski definition) is 1. The zero-order valence-electron chi connectivity index (χ0n) is 8.89. The number of carbonyl (C=O) groups excluding carboxylic acids is 2. The Labute approximate surface area is 79.9 Å². The van der Waals surface area contributed by atoms with Crippen LogP contribution in [0.3, 0.4) is 0 Å². The van der Waals surface area contributed by atoms with Crippen LogP contribution in [0.4, 0.5) is 0 Å². The summed E-state index contributed by atoms with van der Waals surface area (Å²) in [6.07, 6.45) is 1.86. The fourth-order valence-electron chi connectivity index (χ4n) is 1.02. The second kappa shape index (κ2) is 5.73. The van der Waals surface area contributed by atoms with Crippen LogP contribution in [0.15, 0.2) is 0 Å². The van der Waals surface area contributed by atoms with Gasteiger partial charge < -0.3 is 5.32 Å². The van der Waals surface area contributed by atoms with Gasteiger partial charge in [-0.1, -0.05) is 20.3 Å². The molecule has 0 fully saturated rings. The van der Waals surface area contributed by atoms with Crippen LogP contribution in [0.2, 0.25) is 0 Å². The number of ketones is 1. The highest BCUT2D eigenvalue weighted by Gasteiger charge is 2.15. The standard InChI is InChI=1S/C10H19NO2/c1-5-6-7(2)10(13)11-8(3)9(4)12/h7-8H,5-6H2,1-4H3,(H,11,13). The Bertz CT molecular complexity index is 189. The molecule has 3 nitrogen and oxygen atoms in total. The van der Waals surface area contributed by atoms with Crippen molar-refractivity contribution in [1.29, 1.82) is 0 Å². The summed E-state index contributed by atoms with van der Waals surface area (Å²) in [5.74, 6) is -0.0200. The van der Waals surface area contributed by atoms with E-state index in [0.29, 0.717) is 0 Å². The predicted molar refractivity (Wildman–Crippen MR) is 52.4 cm³/mol. The Morgan fingerprint density at radius 1 is 1.31 bits per heavy atom. The molecule has 0 aliphatic rings. The smallest absolute Gasteiger partial charge is 0.223 e. The average molecular weight is 185 g/mol. The fourth-order valence-corrected chi connectivity index (χ4v) is 1.02. The van der Waals surface area contributed by atoms with Crippen molar-refractivity contribution in [2.45, 2.75) is 46.6 Å². The van der Waals surface area contributed by atoms with Crippen molar-refractivity contribution in [2.24, 2.45) is 5.92 Å². The van der Waals surface area contributed by atoms with E-state index >= 15 is 0 Å². The van der Waals surface area contributed by atoms with E-state index in [0.717, 1.165) is 12.8 Å². The van der Waals surface area contributed by atoms with Gasteiger partial charge in [-0.05, 0) is 20.3 Å². The summed E-state index contributed by atoms with van der Waals surface area (Å²) in [5.41, 5.74) is 0. The first kappa shape index (κ1) is 12.1. The molecule has 0 heterocycles. The molecule has 0 aromatic carbocycles. The second-order valence-corrected chi connectivity index (χ2v) is 3.53. The minimum absolute atomic E-state index is 0.00273. The third kappa shape index (κ3) is 4.65. The molecule has 13 heavy (non-hydrogen) atoms. The topological polar surface area (TPSA) is 46.2 Å². The van der Waals surface area contributed by atoms with E-state index in [1.807, 2.05) is 13.8 Å². The van der Waals surface area contributed by atoms with Crippen molar-refractivity contribution in [3.8, 4) is 0 Å². The lowest BCUT2D eigenvalue weighted by Crippen LogP contribution is -2.40. The molecule has 0 rings (SSSR count). The van der Waals surface area contributed by atoms with Crippen molar-refractivity contribution >= 4 is 11.7 Å². The maximum atomic E-state index is 11.4. The Hall–Kier alpha value is -0.860. The minimum atomic E-state index is -0.355. The molecule has 0 saturated carbocycles. The summed E-state index contributed by atoms with van der Waals surface area (Å²) >= 11 is 0. The van der Waals surface area contributed by atoms with Crippen molar-refractivity contribution in [1.82, 2.24) is 5.32 Å². The molecule has 0 saturated heterocycles. The first-order valence-corrected chi connectivity index (χ1v) is 4.79.